The molecule has 2 heterocycles. The zero-order valence-electron chi connectivity index (χ0n) is 16.4. The number of hydrogen-bond acceptors (Lipinski definition) is 4. The lowest BCUT2D eigenvalue weighted by Gasteiger charge is -2.11. The molecule has 0 unspecified atom stereocenters. The molecule has 7 nitrogen and oxygen atoms in total. The van der Waals surface area contributed by atoms with Gasteiger partial charge < -0.3 is 14.8 Å². The number of urea groups is 1. The Hall–Kier alpha value is -3.84. The Labute approximate surface area is 182 Å². The molecule has 0 bridgehead atoms. The van der Waals surface area contributed by atoms with E-state index in [2.05, 4.69) is 5.32 Å². The van der Waals surface area contributed by atoms with Gasteiger partial charge in [-0.15, -0.1) is 0 Å². The summed E-state index contributed by atoms with van der Waals surface area (Å²) in [6.07, 6.45) is 1.45. The van der Waals surface area contributed by atoms with Crippen molar-refractivity contribution in [3.8, 4) is 11.3 Å². The van der Waals surface area contributed by atoms with Crippen LogP contribution in [0.3, 0.4) is 0 Å². The number of amides is 3. The van der Waals surface area contributed by atoms with Crippen molar-refractivity contribution in [2.75, 3.05) is 0 Å². The largest absolute Gasteiger partial charge is 0.478 e. The predicted octanol–water partition coefficient (Wildman–Crippen LogP) is 4.70. The van der Waals surface area contributed by atoms with Gasteiger partial charge in [0.05, 0.1) is 12.1 Å². The second-order valence-electron chi connectivity index (χ2n) is 6.99. The first-order valence-electron chi connectivity index (χ1n) is 9.35. The van der Waals surface area contributed by atoms with Gasteiger partial charge in [-0.25, -0.2) is 9.59 Å². The molecule has 0 spiro atoms. The molecule has 3 amide bonds. The number of rotatable bonds is 5. The van der Waals surface area contributed by atoms with E-state index in [1.54, 1.807) is 55.5 Å². The third-order valence-corrected chi connectivity index (χ3v) is 5.21. The molecular formula is C23H17ClN2O5. The molecule has 2 aromatic carbocycles. The van der Waals surface area contributed by atoms with Gasteiger partial charge in [-0.1, -0.05) is 35.9 Å². The van der Waals surface area contributed by atoms with Crippen molar-refractivity contribution in [2.45, 2.75) is 13.5 Å². The molecule has 31 heavy (non-hydrogen) atoms. The van der Waals surface area contributed by atoms with E-state index in [4.69, 9.17) is 16.0 Å². The first-order chi connectivity index (χ1) is 14.8. The number of benzene rings is 2. The second-order valence-corrected chi connectivity index (χ2v) is 7.43. The number of carboxylic acid groups (broad SMARTS) is 1. The third kappa shape index (κ3) is 4.08. The lowest BCUT2D eigenvalue weighted by atomic mass is 10.0. The normalized spacial score (nSPS) is 14.9. The highest BCUT2D eigenvalue weighted by atomic mass is 35.5. The standard InChI is InChI=1S/C23H17ClN2O5/c1-13-17(3-2-4-18(13)22(28)29)20-10-9-16(31-20)11-19-21(27)26(23(30)25-19)12-14-5-7-15(24)8-6-14/h2-11H,12H2,1H3,(H,25,30)(H,28,29)/b19-11-. The fourth-order valence-electron chi connectivity index (χ4n) is 3.34. The van der Waals surface area contributed by atoms with Crippen LogP contribution in [0.5, 0.6) is 0 Å². The van der Waals surface area contributed by atoms with Gasteiger partial charge in [-0.3, -0.25) is 9.69 Å². The number of nitrogens with one attached hydrogen (secondary N) is 1. The van der Waals surface area contributed by atoms with Crippen LogP contribution in [0.15, 0.2) is 64.7 Å². The van der Waals surface area contributed by atoms with E-state index in [-0.39, 0.29) is 17.8 Å². The average Bonchev–Trinajstić information content (AvgIpc) is 3.30. The molecule has 0 radical (unpaired) electrons. The number of carboxylic acids is 1. The van der Waals surface area contributed by atoms with Crippen LogP contribution in [0, 0.1) is 6.92 Å². The molecule has 2 N–H and O–H groups in total. The van der Waals surface area contributed by atoms with Crippen LogP contribution < -0.4 is 5.32 Å². The first kappa shape index (κ1) is 20.4. The summed E-state index contributed by atoms with van der Waals surface area (Å²) in [5.74, 6) is -0.676. The maximum absolute atomic E-state index is 12.7. The van der Waals surface area contributed by atoms with E-state index < -0.39 is 17.9 Å². The molecule has 0 saturated carbocycles. The number of nitrogens with zero attached hydrogens (tertiary/aromatic N) is 1. The van der Waals surface area contributed by atoms with Crippen LogP contribution in [-0.4, -0.2) is 27.9 Å². The lowest BCUT2D eigenvalue weighted by molar-refractivity contribution is -0.123. The highest BCUT2D eigenvalue weighted by molar-refractivity contribution is 6.30. The number of imide groups is 1. The monoisotopic (exact) mass is 436 g/mol. The van der Waals surface area contributed by atoms with Crippen molar-refractivity contribution in [2.24, 2.45) is 0 Å². The van der Waals surface area contributed by atoms with Gasteiger partial charge in [0.1, 0.15) is 17.2 Å². The first-order valence-corrected chi connectivity index (χ1v) is 9.73. The van der Waals surface area contributed by atoms with Gasteiger partial charge in [-0.05, 0) is 48.4 Å². The van der Waals surface area contributed by atoms with Gasteiger partial charge in [0, 0.05) is 16.7 Å². The molecule has 8 heteroatoms. The molecule has 0 aliphatic carbocycles. The molecule has 0 atom stereocenters. The number of hydrogen-bond donors (Lipinski definition) is 2. The Morgan fingerprint density at radius 1 is 1.13 bits per heavy atom. The maximum atomic E-state index is 12.7. The Morgan fingerprint density at radius 2 is 1.87 bits per heavy atom. The van der Waals surface area contributed by atoms with Crippen molar-refractivity contribution in [1.82, 2.24) is 10.2 Å². The number of carbonyl (C=O) groups is 3. The maximum Gasteiger partial charge on any atom is 0.335 e. The summed E-state index contributed by atoms with van der Waals surface area (Å²) in [6.45, 7) is 1.82. The van der Waals surface area contributed by atoms with E-state index >= 15 is 0 Å². The van der Waals surface area contributed by atoms with E-state index in [1.807, 2.05) is 0 Å². The highest BCUT2D eigenvalue weighted by Crippen LogP contribution is 2.29. The van der Waals surface area contributed by atoms with E-state index in [9.17, 15) is 19.5 Å². The number of carbonyl (C=O) groups excluding carboxylic acids is 2. The van der Waals surface area contributed by atoms with Gasteiger partial charge in [0.25, 0.3) is 5.91 Å². The number of aromatic carboxylic acids is 1. The van der Waals surface area contributed by atoms with Crippen molar-refractivity contribution < 1.29 is 23.9 Å². The zero-order valence-corrected chi connectivity index (χ0v) is 17.1. The molecule has 1 fully saturated rings. The summed E-state index contributed by atoms with van der Waals surface area (Å²) in [4.78, 5) is 37.4. The summed E-state index contributed by atoms with van der Waals surface area (Å²) in [5.41, 5.74) is 2.25. The average molecular weight is 437 g/mol. The molecular weight excluding hydrogens is 420 g/mol. The smallest absolute Gasteiger partial charge is 0.335 e. The minimum Gasteiger partial charge on any atom is -0.478 e. The SMILES string of the molecule is Cc1c(C(=O)O)cccc1-c1ccc(/C=C2\NC(=O)N(Cc3ccc(Cl)cc3)C2=O)o1. The summed E-state index contributed by atoms with van der Waals surface area (Å²) < 4.78 is 5.79. The highest BCUT2D eigenvalue weighted by Gasteiger charge is 2.33. The summed E-state index contributed by atoms with van der Waals surface area (Å²) in [7, 11) is 0. The van der Waals surface area contributed by atoms with Crippen molar-refractivity contribution in [3.63, 3.8) is 0 Å². The Bertz CT molecular complexity index is 1230. The van der Waals surface area contributed by atoms with Crippen LogP contribution in [0.4, 0.5) is 4.79 Å². The van der Waals surface area contributed by atoms with E-state index in [0.717, 1.165) is 10.5 Å². The van der Waals surface area contributed by atoms with Crippen molar-refractivity contribution in [1.29, 1.82) is 0 Å². The Balaban J connectivity index is 1.56. The minimum atomic E-state index is -1.02. The van der Waals surface area contributed by atoms with Gasteiger partial charge in [-0.2, -0.15) is 0 Å². The molecule has 1 aliphatic rings. The topological polar surface area (TPSA) is 99.9 Å². The molecule has 4 rings (SSSR count). The number of halogens is 1. The van der Waals surface area contributed by atoms with E-state index in [0.29, 0.717) is 27.7 Å². The van der Waals surface area contributed by atoms with Crippen LogP contribution in [0.25, 0.3) is 17.4 Å². The van der Waals surface area contributed by atoms with Crippen LogP contribution in [-0.2, 0) is 11.3 Å². The van der Waals surface area contributed by atoms with Crippen molar-refractivity contribution >= 4 is 35.6 Å². The third-order valence-electron chi connectivity index (χ3n) is 4.96. The fourth-order valence-corrected chi connectivity index (χ4v) is 3.47. The Kier molecular flexibility index (Phi) is 5.35. The van der Waals surface area contributed by atoms with Crippen LogP contribution in [0.2, 0.25) is 5.02 Å². The predicted molar refractivity (Wildman–Crippen MR) is 114 cm³/mol. The van der Waals surface area contributed by atoms with E-state index in [1.165, 1.54) is 12.1 Å². The summed E-state index contributed by atoms with van der Waals surface area (Å²) in [6, 6.07) is 14.6. The molecule has 1 aromatic heterocycles. The molecule has 3 aromatic rings. The van der Waals surface area contributed by atoms with Gasteiger partial charge in [0.2, 0.25) is 0 Å². The van der Waals surface area contributed by atoms with Crippen molar-refractivity contribution in [3.05, 3.63) is 87.8 Å². The van der Waals surface area contributed by atoms with Gasteiger partial charge in [0.15, 0.2) is 0 Å². The number of furan rings is 1. The quantitative estimate of drug-likeness (QED) is 0.446. The molecule has 156 valence electrons. The molecule has 1 aliphatic heterocycles. The summed E-state index contributed by atoms with van der Waals surface area (Å²) >= 11 is 5.87. The summed E-state index contributed by atoms with van der Waals surface area (Å²) in [5, 5.41) is 12.4. The zero-order chi connectivity index (χ0) is 22.1. The fraction of sp³-hybridized carbons (Fsp3) is 0.0870. The molecule has 1 saturated heterocycles. The second kappa shape index (κ2) is 8.12. The van der Waals surface area contributed by atoms with Crippen LogP contribution in [0.1, 0.15) is 27.2 Å². The van der Waals surface area contributed by atoms with Gasteiger partial charge >= 0.3 is 12.0 Å². The Morgan fingerprint density at radius 3 is 2.58 bits per heavy atom. The lowest BCUT2D eigenvalue weighted by Crippen LogP contribution is -2.30. The van der Waals surface area contributed by atoms with Crippen LogP contribution >= 0.6 is 11.6 Å². The minimum absolute atomic E-state index is 0.0934.